The van der Waals surface area contributed by atoms with Crippen molar-refractivity contribution in [2.45, 2.75) is 51.5 Å². The molecular weight excluding hydrogens is 336 g/mol. The summed E-state index contributed by atoms with van der Waals surface area (Å²) >= 11 is 5.99. The molecule has 2 aliphatic heterocycles. The topological polar surface area (TPSA) is 40.6 Å². The predicted molar refractivity (Wildman–Crippen MR) is 99.7 cm³/mol. The summed E-state index contributed by atoms with van der Waals surface area (Å²) < 4.78 is 0. The first kappa shape index (κ1) is 18.2. The van der Waals surface area contributed by atoms with Crippen LogP contribution in [0.4, 0.5) is 0 Å². The van der Waals surface area contributed by atoms with Gasteiger partial charge in [-0.05, 0) is 56.7 Å². The smallest absolute Gasteiger partial charge is 0.253 e. The third-order valence-corrected chi connectivity index (χ3v) is 5.82. The highest BCUT2D eigenvalue weighted by Crippen LogP contribution is 2.26. The number of carbonyl (C=O) groups excluding carboxylic acids is 2. The molecule has 2 amide bonds. The maximum absolute atomic E-state index is 12.9. The highest BCUT2D eigenvalue weighted by atomic mass is 35.5. The van der Waals surface area contributed by atoms with E-state index in [1.165, 1.54) is 6.42 Å². The van der Waals surface area contributed by atoms with Crippen LogP contribution in [0.3, 0.4) is 0 Å². The molecule has 25 heavy (non-hydrogen) atoms. The third kappa shape index (κ3) is 4.17. The van der Waals surface area contributed by atoms with E-state index in [0.717, 1.165) is 38.6 Å². The van der Waals surface area contributed by atoms with Gasteiger partial charge in [0, 0.05) is 42.2 Å². The second kappa shape index (κ2) is 8.22. The van der Waals surface area contributed by atoms with E-state index < -0.39 is 0 Å². The van der Waals surface area contributed by atoms with Crippen molar-refractivity contribution in [3.05, 3.63) is 34.9 Å². The van der Waals surface area contributed by atoms with E-state index in [9.17, 15) is 9.59 Å². The fourth-order valence-electron chi connectivity index (χ4n) is 4.08. The van der Waals surface area contributed by atoms with Gasteiger partial charge < -0.3 is 9.80 Å². The lowest BCUT2D eigenvalue weighted by atomic mass is 9.91. The number of rotatable bonds is 3. The number of hydrogen-bond donors (Lipinski definition) is 0. The molecule has 2 fully saturated rings. The zero-order chi connectivity index (χ0) is 17.8. The molecule has 2 saturated heterocycles. The van der Waals surface area contributed by atoms with Gasteiger partial charge >= 0.3 is 0 Å². The summed E-state index contributed by atoms with van der Waals surface area (Å²) in [6, 6.07) is 7.48. The van der Waals surface area contributed by atoms with Crippen LogP contribution >= 0.6 is 11.6 Å². The first-order valence-corrected chi connectivity index (χ1v) is 9.83. The molecule has 0 saturated carbocycles. The second-order valence-corrected chi connectivity index (χ2v) is 7.60. The van der Waals surface area contributed by atoms with Crippen molar-refractivity contribution >= 4 is 23.4 Å². The van der Waals surface area contributed by atoms with Crippen molar-refractivity contribution in [2.24, 2.45) is 5.92 Å². The summed E-state index contributed by atoms with van der Waals surface area (Å²) in [5.74, 6) is 0.384. The molecule has 0 radical (unpaired) electrons. The molecule has 0 bridgehead atoms. The van der Waals surface area contributed by atoms with E-state index in [1.807, 2.05) is 4.90 Å². The van der Waals surface area contributed by atoms with Crippen molar-refractivity contribution in [1.82, 2.24) is 9.80 Å². The Labute approximate surface area is 155 Å². The number of nitrogens with zero attached hydrogens (tertiary/aromatic N) is 2. The Morgan fingerprint density at radius 3 is 2.56 bits per heavy atom. The highest BCUT2D eigenvalue weighted by molar-refractivity contribution is 6.30. The van der Waals surface area contributed by atoms with E-state index >= 15 is 0 Å². The standard InChI is InChI=1S/C20H27ClN2O2/c1-2-18-8-3-4-11-23(18)20(25)15-9-12-22(13-10-15)19(24)16-6-5-7-17(21)14-16/h5-7,14-15,18H,2-4,8-13H2,1H3. The van der Waals surface area contributed by atoms with Gasteiger partial charge in [-0.1, -0.05) is 24.6 Å². The summed E-state index contributed by atoms with van der Waals surface area (Å²) in [6.07, 6.45) is 6.05. The van der Waals surface area contributed by atoms with E-state index in [4.69, 9.17) is 11.6 Å². The Hall–Kier alpha value is -1.55. The Morgan fingerprint density at radius 1 is 1.12 bits per heavy atom. The van der Waals surface area contributed by atoms with Crippen molar-refractivity contribution in [1.29, 1.82) is 0 Å². The van der Waals surface area contributed by atoms with Gasteiger partial charge in [0.25, 0.3) is 5.91 Å². The lowest BCUT2D eigenvalue weighted by Crippen LogP contribution is -2.49. The van der Waals surface area contributed by atoms with Crippen molar-refractivity contribution in [2.75, 3.05) is 19.6 Å². The summed E-state index contributed by atoms with van der Waals surface area (Å²) in [7, 11) is 0. The average molecular weight is 363 g/mol. The second-order valence-electron chi connectivity index (χ2n) is 7.17. The van der Waals surface area contributed by atoms with E-state index in [-0.39, 0.29) is 11.8 Å². The van der Waals surface area contributed by atoms with Crippen LogP contribution in [-0.4, -0.2) is 47.3 Å². The molecule has 5 heteroatoms. The van der Waals surface area contributed by atoms with Crippen LogP contribution in [-0.2, 0) is 4.79 Å². The molecule has 3 rings (SSSR count). The summed E-state index contributed by atoms with van der Waals surface area (Å²) in [6.45, 7) is 4.36. The first-order valence-electron chi connectivity index (χ1n) is 9.45. The van der Waals surface area contributed by atoms with Crippen LogP contribution in [0.25, 0.3) is 0 Å². The molecule has 1 aromatic carbocycles. The van der Waals surface area contributed by atoms with Gasteiger partial charge in [0.1, 0.15) is 0 Å². The van der Waals surface area contributed by atoms with E-state index in [0.29, 0.717) is 35.6 Å². The molecule has 2 heterocycles. The molecule has 2 aliphatic rings. The van der Waals surface area contributed by atoms with Gasteiger partial charge in [0.05, 0.1) is 0 Å². The van der Waals surface area contributed by atoms with Crippen LogP contribution in [0.15, 0.2) is 24.3 Å². The number of likely N-dealkylation sites (tertiary alicyclic amines) is 2. The lowest BCUT2D eigenvalue weighted by Gasteiger charge is -2.39. The molecule has 0 aromatic heterocycles. The lowest BCUT2D eigenvalue weighted by molar-refractivity contribution is -0.140. The molecule has 1 atom stereocenters. The van der Waals surface area contributed by atoms with Crippen LogP contribution in [0.5, 0.6) is 0 Å². The molecule has 1 unspecified atom stereocenters. The molecule has 0 aliphatic carbocycles. The summed E-state index contributed by atoms with van der Waals surface area (Å²) in [4.78, 5) is 29.5. The summed E-state index contributed by atoms with van der Waals surface area (Å²) in [5, 5.41) is 0.576. The SMILES string of the molecule is CCC1CCCCN1C(=O)C1CCN(C(=O)c2cccc(Cl)c2)CC1. The number of hydrogen-bond acceptors (Lipinski definition) is 2. The number of amides is 2. The van der Waals surface area contributed by atoms with Gasteiger partial charge in [0.15, 0.2) is 0 Å². The Morgan fingerprint density at radius 2 is 1.88 bits per heavy atom. The largest absolute Gasteiger partial charge is 0.339 e. The number of carbonyl (C=O) groups is 2. The van der Waals surface area contributed by atoms with Crippen molar-refractivity contribution in [3.63, 3.8) is 0 Å². The maximum Gasteiger partial charge on any atom is 0.253 e. The fraction of sp³-hybridized carbons (Fsp3) is 0.600. The fourth-order valence-corrected chi connectivity index (χ4v) is 4.27. The van der Waals surface area contributed by atoms with Crippen LogP contribution in [0.1, 0.15) is 55.8 Å². The van der Waals surface area contributed by atoms with Crippen LogP contribution in [0, 0.1) is 5.92 Å². The highest BCUT2D eigenvalue weighted by Gasteiger charge is 2.33. The zero-order valence-electron chi connectivity index (χ0n) is 14.9. The molecule has 136 valence electrons. The zero-order valence-corrected chi connectivity index (χ0v) is 15.7. The monoisotopic (exact) mass is 362 g/mol. The minimum Gasteiger partial charge on any atom is -0.339 e. The Balaban J connectivity index is 1.58. The molecule has 0 spiro atoms. The number of halogens is 1. The van der Waals surface area contributed by atoms with Crippen molar-refractivity contribution < 1.29 is 9.59 Å². The summed E-state index contributed by atoms with van der Waals surface area (Å²) in [5.41, 5.74) is 0.624. The van der Waals surface area contributed by atoms with Gasteiger partial charge in [-0.2, -0.15) is 0 Å². The minimum atomic E-state index is 0.0119. The third-order valence-electron chi connectivity index (χ3n) is 5.58. The normalized spacial score (nSPS) is 22.1. The van der Waals surface area contributed by atoms with E-state index in [2.05, 4.69) is 11.8 Å². The molecule has 0 N–H and O–H groups in total. The number of benzene rings is 1. The van der Waals surface area contributed by atoms with Gasteiger partial charge in [-0.3, -0.25) is 9.59 Å². The van der Waals surface area contributed by atoms with Gasteiger partial charge in [0.2, 0.25) is 5.91 Å². The molecule has 1 aromatic rings. The maximum atomic E-state index is 12.9. The average Bonchev–Trinajstić information content (AvgIpc) is 2.67. The quantitative estimate of drug-likeness (QED) is 0.815. The van der Waals surface area contributed by atoms with Gasteiger partial charge in [-0.15, -0.1) is 0 Å². The van der Waals surface area contributed by atoms with Gasteiger partial charge in [-0.25, -0.2) is 0 Å². The number of piperidine rings is 2. The van der Waals surface area contributed by atoms with Crippen LogP contribution < -0.4 is 0 Å². The Bertz CT molecular complexity index is 626. The Kier molecular flexibility index (Phi) is 6.00. The van der Waals surface area contributed by atoms with E-state index in [1.54, 1.807) is 24.3 Å². The molecular formula is C20H27ClN2O2. The van der Waals surface area contributed by atoms with Crippen molar-refractivity contribution in [3.8, 4) is 0 Å². The minimum absolute atomic E-state index is 0.0119. The molecule has 4 nitrogen and oxygen atoms in total. The first-order chi connectivity index (χ1) is 12.1. The predicted octanol–water partition coefficient (Wildman–Crippen LogP) is 3.98. The van der Waals surface area contributed by atoms with Crippen LogP contribution in [0.2, 0.25) is 5.02 Å².